The molecule has 25 heavy (non-hydrogen) atoms. The average molecular weight is 349 g/mol. The Bertz CT molecular complexity index is 526. The molecule has 0 radical (unpaired) electrons. The van der Waals surface area contributed by atoms with Gasteiger partial charge in [-0.3, -0.25) is 9.69 Å². The molecule has 2 fully saturated rings. The van der Waals surface area contributed by atoms with Gasteiger partial charge >= 0.3 is 0 Å². The Morgan fingerprint density at radius 2 is 2.12 bits per heavy atom. The van der Waals surface area contributed by atoms with Gasteiger partial charge in [-0.1, -0.05) is 6.92 Å². The van der Waals surface area contributed by atoms with Gasteiger partial charge in [0.2, 0.25) is 5.91 Å². The number of nitrogens with one attached hydrogen (secondary N) is 1. The number of β-amino-alcohol motifs (C(OH)–C–C–N with tert-alkyl or cyclic N) is 1. The number of rotatable bonds is 7. The number of carbonyl (C=O) groups excluding carboxylic acids is 1. The third-order valence-electron chi connectivity index (χ3n) is 5.47. The summed E-state index contributed by atoms with van der Waals surface area (Å²) >= 11 is 0. The molecule has 3 rings (SSSR count). The largest absolute Gasteiger partial charge is 0.467 e. The lowest BCUT2D eigenvalue weighted by atomic mass is 9.99. The number of aliphatic hydroxyl groups is 1. The summed E-state index contributed by atoms with van der Waals surface area (Å²) in [5, 5.41) is 13.4. The number of piperidine rings is 1. The van der Waals surface area contributed by atoms with E-state index >= 15 is 0 Å². The van der Waals surface area contributed by atoms with E-state index in [0.717, 1.165) is 44.2 Å². The summed E-state index contributed by atoms with van der Waals surface area (Å²) in [6.07, 6.45) is 5.51. The molecule has 2 N–H and O–H groups in total. The van der Waals surface area contributed by atoms with Gasteiger partial charge in [0.25, 0.3) is 0 Å². The fraction of sp³-hybridized carbons (Fsp3) is 0.737. The van der Waals surface area contributed by atoms with Crippen molar-refractivity contribution in [2.24, 2.45) is 5.92 Å². The third kappa shape index (κ3) is 5.30. The van der Waals surface area contributed by atoms with Crippen molar-refractivity contribution in [1.29, 1.82) is 0 Å². The molecule has 0 aromatic carbocycles. The average Bonchev–Trinajstić information content (AvgIpc) is 3.26. The Labute approximate surface area is 150 Å². The Kier molecular flexibility index (Phi) is 6.51. The zero-order valence-electron chi connectivity index (χ0n) is 15.2. The number of hydrogen-bond donors (Lipinski definition) is 2. The molecule has 0 spiro atoms. The predicted molar refractivity (Wildman–Crippen MR) is 96.0 cm³/mol. The normalized spacial score (nSPS) is 24.5. The van der Waals surface area contributed by atoms with Gasteiger partial charge in [0.1, 0.15) is 5.76 Å². The molecule has 6 heteroatoms. The lowest BCUT2D eigenvalue weighted by Crippen LogP contribution is -2.48. The number of carbonyl (C=O) groups is 1. The van der Waals surface area contributed by atoms with E-state index in [2.05, 4.69) is 22.0 Å². The molecule has 2 aliphatic heterocycles. The van der Waals surface area contributed by atoms with E-state index in [1.54, 1.807) is 6.26 Å². The molecule has 6 nitrogen and oxygen atoms in total. The summed E-state index contributed by atoms with van der Waals surface area (Å²) < 4.78 is 5.26. The Balaban J connectivity index is 1.43. The minimum Gasteiger partial charge on any atom is -0.467 e. The highest BCUT2D eigenvalue weighted by Gasteiger charge is 2.32. The highest BCUT2D eigenvalue weighted by Crippen LogP contribution is 2.19. The summed E-state index contributed by atoms with van der Waals surface area (Å²) in [4.78, 5) is 17.0. The van der Waals surface area contributed by atoms with E-state index in [0.29, 0.717) is 19.6 Å². The van der Waals surface area contributed by atoms with E-state index in [-0.39, 0.29) is 11.9 Å². The van der Waals surface area contributed by atoms with Gasteiger partial charge in [0, 0.05) is 13.1 Å². The SMILES string of the molecule is CC1CCN(CC(O)CN2CCCC2C(=O)NCc2ccco2)CC1. The van der Waals surface area contributed by atoms with Gasteiger partial charge in [-0.15, -0.1) is 0 Å². The minimum atomic E-state index is -0.396. The van der Waals surface area contributed by atoms with Gasteiger partial charge in [0.05, 0.1) is 25.0 Å². The maximum atomic E-state index is 12.5. The molecule has 0 saturated carbocycles. The van der Waals surface area contributed by atoms with Crippen molar-refractivity contribution in [2.45, 2.75) is 51.3 Å². The van der Waals surface area contributed by atoms with Crippen molar-refractivity contribution in [3.63, 3.8) is 0 Å². The van der Waals surface area contributed by atoms with Crippen LogP contribution in [0.4, 0.5) is 0 Å². The Morgan fingerprint density at radius 3 is 2.84 bits per heavy atom. The van der Waals surface area contributed by atoms with E-state index in [1.165, 1.54) is 12.8 Å². The molecule has 0 aliphatic carbocycles. The van der Waals surface area contributed by atoms with Crippen molar-refractivity contribution < 1.29 is 14.3 Å². The number of furan rings is 1. The molecule has 1 aromatic rings. The van der Waals surface area contributed by atoms with Crippen molar-refractivity contribution in [3.8, 4) is 0 Å². The predicted octanol–water partition coefficient (Wildman–Crippen LogP) is 1.45. The molecular formula is C19H31N3O3. The highest BCUT2D eigenvalue weighted by atomic mass is 16.3. The first kappa shape index (κ1) is 18.4. The van der Waals surface area contributed by atoms with Crippen LogP contribution < -0.4 is 5.32 Å². The van der Waals surface area contributed by atoms with E-state index < -0.39 is 6.10 Å². The first-order valence-electron chi connectivity index (χ1n) is 9.56. The number of amides is 1. The zero-order chi connectivity index (χ0) is 17.6. The zero-order valence-corrected chi connectivity index (χ0v) is 15.2. The third-order valence-corrected chi connectivity index (χ3v) is 5.47. The van der Waals surface area contributed by atoms with Gasteiger partial charge in [-0.2, -0.15) is 0 Å². The summed E-state index contributed by atoms with van der Waals surface area (Å²) in [5.74, 6) is 1.60. The first-order chi connectivity index (χ1) is 12.1. The van der Waals surface area contributed by atoms with Crippen molar-refractivity contribution in [2.75, 3.05) is 32.7 Å². The van der Waals surface area contributed by atoms with Gasteiger partial charge < -0.3 is 19.7 Å². The van der Waals surface area contributed by atoms with Crippen molar-refractivity contribution in [3.05, 3.63) is 24.2 Å². The molecule has 140 valence electrons. The summed E-state index contributed by atoms with van der Waals surface area (Å²) in [7, 11) is 0. The van der Waals surface area contributed by atoms with Crippen LogP contribution in [-0.2, 0) is 11.3 Å². The van der Waals surface area contributed by atoms with Gasteiger partial charge in [0.15, 0.2) is 0 Å². The fourth-order valence-electron chi connectivity index (χ4n) is 3.92. The molecule has 2 unspecified atom stereocenters. The van der Waals surface area contributed by atoms with Crippen LogP contribution in [0.2, 0.25) is 0 Å². The lowest BCUT2D eigenvalue weighted by molar-refractivity contribution is -0.126. The monoisotopic (exact) mass is 349 g/mol. The molecule has 3 heterocycles. The topological polar surface area (TPSA) is 69.0 Å². The quantitative estimate of drug-likeness (QED) is 0.780. The molecule has 1 amide bonds. The molecule has 2 aliphatic rings. The maximum absolute atomic E-state index is 12.5. The van der Waals surface area contributed by atoms with Crippen molar-refractivity contribution >= 4 is 5.91 Å². The Hall–Kier alpha value is -1.37. The van der Waals surface area contributed by atoms with Crippen LogP contribution in [0.5, 0.6) is 0 Å². The summed E-state index contributed by atoms with van der Waals surface area (Å²) in [5.41, 5.74) is 0. The summed E-state index contributed by atoms with van der Waals surface area (Å²) in [6, 6.07) is 3.54. The Morgan fingerprint density at radius 1 is 1.32 bits per heavy atom. The highest BCUT2D eigenvalue weighted by molar-refractivity contribution is 5.81. The minimum absolute atomic E-state index is 0.0351. The molecule has 1 aromatic heterocycles. The van der Waals surface area contributed by atoms with Crippen molar-refractivity contribution in [1.82, 2.24) is 15.1 Å². The molecule has 0 bridgehead atoms. The van der Waals surface area contributed by atoms with E-state index in [1.807, 2.05) is 12.1 Å². The number of nitrogens with zero attached hydrogens (tertiary/aromatic N) is 2. The van der Waals surface area contributed by atoms with Crippen LogP contribution >= 0.6 is 0 Å². The maximum Gasteiger partial charge on any atom is 0.237 e. The van der Waals surface area contributed by atoms with Gasteiger partial charge in [-0.25, -0.2) is 0 Å². The number of likely N-dealkylation sites (tertiary alicyclic amines) is 2. The van der Waals surface area contributed by atoms with E-state index in [9.17, 15) is 9.90 Å². The van der Waals surface area contributed by atoms with Gasteiger partial charge in [-0.05, 0) is 63.4 Å². The van der Waals surface area contributed by atoms with E-state index in [4.69, 9.17) is 4.42 Å². The molecule has 2 atom stereocenters. The van der Waals surface area contributed by atoms with Crippen LogP contribution in [0.15, 0.2) is 22.8 Å². The second-order valence-electron chi connectivity index (χ2n) is 7.59. The van der Waals surface area contributed by atoms with Crippen LogP contribution in [0, 0.1) is 5.92 Å². The lowest BCUT2D eigenvalue weighted by Gasteiger charge is -2.33. The molecule has 2 saturated heterocycles. The number of hydrogen-bond acceptors (Lipinski definition) is 5. The van der Waals surface area contributed by atoms with Crippen LogP contribution in [0.3, 0.4) is 0 Å². The fourth-order valence-corrected chi connectivity index (χ4v) is 3.92. The van der Waals surface area contributed by atoms with Crippen LogP contribution in [0.25, 0.3) is 0 Å². The smallest absolute Gasteiger partial charge is 0.237 e. The second kappa shape index (κ2) is 8.83. The standard InChI is InChI=1S/C19H31N3O3/c1-15-6-9-21(10-7-15)13-16(23)14-22-8-2-5-18(22)19(24)20-12-17-4-3-11-25-17/h3-4,11,15-16,18,23H,2,5-10,12-14H2,1H3,(H,20,24). The number of aliphatic hydroxyl groups excluding tert-OH is 1. The molecular weight excluding hydrogens is 318 g/mol. The van der Waals surface area contributed by atoms with Crippen LogP contribution in [-0.4, -0.2) is 65.7 Å². The first-order valence-corrected chi connectivity index (χ1v) is 9.56. The summed E-state index contributed by atoms with van der Waals surface area (Å²) in [6.45, 7) is 7.03. The van der Waals surface area contributed by atoms with Crippen LogP contribution in [0.1, 0.15) is 38.4 Å². The second-order valence-corrected chi connectivity index (χ2v) is 7.59.